The van der Waals surface area contributed by atoms with E-state index in [1.165, 1.54) is 16.2 Å². The Morgan fingerprint density at radius 3 is 1.31 bits per heavy atom. The van der Waals surface area contributed by atoms with E-state index in [0.29, 0.717) is 0 Å². The van der Waals surface area contributed by atoms with Gasteiger partial charge in [0.25, 0.3) is 0 Å². The Kier molecular flexibility index (Phi) is 8.11. The van der Waals surface area contributed by atoms with Crippen LogP contribution >= 0.6 is 0 Å². The fourth-order valence-corrected chi connectivity index (χ4v) is 8.32. The second kappa shape index (κ2) is 14.0. The standard InChI is InChI=1S/C54H34N4/c1-2-12-37(13-3-1)51-33-46(35-20-24-38(25-21-35)49-18-8-10-30-55-49)44-28-29-45-47(36-22-26-39(27-23-36)50-19-9-11-31-56-50)34-52(58-54(45)53(44)57-51)48-32-40-14-4-5-15-41(40)42-16-6-7-17-43(42)48/h1-34H. The molecule has 4 heteroatoms. The average molecular weight is 739 g/mol. The molecule has 11 aromatic rings. The average Bonchev–Trinajstić information content (AvgIpc) is 3.31. The van der Waals surface area contributed by atoms with Crippen molar-refractivity contribution in [2.45, 2.75) is 0 Å². The summed E-state index contributed by atoms with van der Waals surface area (Å²) in [5.41, 5.74) is 14.1. The summed E-state index contributed by atoms with van der Waals surface area (Å²) in [6.07, 6.45) is 3.67. The van der Waals surface area contributed by atoms with Crippen LogP contribution in [0.4, 0.5) is 0 Å². The van der Waals surface area contributed by atoms with Crippen molar-refractivity contribution in [3.8, 4) is 67.3 Å². The van der Waals surface area contributed by atoms with E-state index in [1.807, 2.05) is 54.9 Å². The van der Waals surface area contributed by atoms with Gasteiger partial charge in [0.2, 0.25) is 0 Å². The van der Waals surface area contributed by atoms with E-state index >= 15 is 0 Å². The summed E-state index contributed by atoms with van der Waals surface area (Å²) in [4.78, 5) is 20.3. The third kappa shape index (κ3) is 5.87. The van der Waals surface area contributed by atoms with E-state index < -0.39 is 0 Å². The Hall–Kier alpha value is -7.82. The number of rotatable bonds is 6. The molecule has 0 spiro atoms. The molecule has 0 aliphatic rings. The van der Waals surface area contributed by atoms with Gasteiger partial charge in [-0.25, -0.2) is 9.97 Å². The zero-order valence-electron chi connectivity index (χ0n) is 31.4. The van der Waals surface area contributed by atoms with Crippen LogP contribution in [-0.2, 0) is 0 Å². The van der Waals surface area contributed by atoms with Crippen molar-refractivity contribution in [3.63, 3.8) is 0 Å². The predicted octanol–water partition coefficient (Wildman–Crippen LogP) is 13.9. The number of benzene rings is 7. The molecule has 58 heavy (non-hydrogen) atoms. The van der Waals surface area contributed by atoms with Crippen LogP contribution in [0.1, 0.15) is 0 Å². The maximum atomic E-state index is 5.62. The molecular formula is C54H34N4. The van der Waals surface area contributed by atoms with Gasteiger partial charge >= 0.3 is 0 Å². The quantitative estimate of drug-likeness (QED) is 0.159. The number of pyridine rings is 4. The summed E-state index contributed by atoms with van der Waals surface area (Å²) in [6.45, 7) is 0. The number of aromatic nitrogens is 4. The van der Waals surface area contributed by atoms with Gasteiger partial charge < -0.3 is 0 Å². The van der Waals surface area contributed by atoms with E-state index in [1.54, 1.807) is 0 Å². The zero-order chi connectivity index (χ0) is 38.4. The van der Waals surface area contributed by atoms with Crippen molar-refractivity contribution < 1.29 is 0 Å². The summed E-state index contributed by atoms with van der Waals surface area (Å²) in [5, 5.41) is 6.86. The van der Waals surface area contributed by atoms with Crippen LogP contribution in [0, 0.1) is 0 Å². The summed E-state index contributed by atoms with van der Waals surface area (Å²) in [5.74, 6) is 0. The highest BCUT2D eigenvalue weighted by molar-refractivity contribution is 6.16. The SMILES string of the molecule is c1ccc(-c2cc(-c3ccc(-c4ccccn4)cc3)c3ccc4c(-c5ccc(-c6ccccn6)cc5)cc(-c5cc6ccccc6c6ccccc56)nc4c3n2)cc1. The van der Waals surface area contributed by atoms with Crippen molar-refractivity contribution in [2.24, 2.45) is 0 Å². The molecule has 0 atom stereocenters. The van der Waals surface area contributed by atoms with Gasteiger partial charge in [0, 0.05) is 45.4 Å². The van der Waals surface area contributed by atoms with Crippen molar-refractivity contribution in [2.75, 3.05) is 0 Å². The monoisotopic (exact) mass is 738 g/mol. The lowest BCUT2D eigenvalue weighted by Gasteiger charge is -2.17. The fourth-order valence-electron chi connectivity index (χ4n) is 8.32. The Bertz CT molecular complexity index is 3290. The summed E-state index contributed by atoms with van der Waals surface area (Å²) in [6, 6.07) is 68.4. The molecule has 4 heterocycles. The van der Waals surface area contributed by atoms with Gasteiger partial charge in [-0.15, -0.1) is 0 Å². The molecule has 11 rings (SSSR count). The predicted molar refractivity (Wildman–Crippen MR) is 240 cm³/mol. The van der Waals surface area contributed by atoms with Crippen molar-refractivity contribution in [1.82, 2.24) is 19.9 Å². The maximum Gasteiger partial charge on any atom is 0.0978 e. The minimum absolute atomic E-state index is 0.861. The maximum absolute atomic E-state index is 5.62. The normalized spacial score (nSPS) is 11.4. The van der Waals surface area contributed by atoms with Crippen LogP contribution in [0.5, 0.6) is 0 Å². The molecule has 0 saturated carbocycles. The van der Waals surface area contributed by atoms with Gasteiger partial charge in [-0.1, -0.05) is 152 Å². The Morgan fingerprint density at radius 1 is 0.259 bits per heavy atom. The Balaban J connectivity index is 1.20. The molecule has 0 bridgehead atoms. The van der Waals surface area contributed by atoms with Gasteiger partial charge in [-0.3, -0.25) is 9.97 Å². The molecule has 0 fully saturated rings. The van der Waals surface area contributed by atoms with Crippen molar-refractivity contribution in [1.29, 1.82) is 0 Å². The van der Waals surface area contributed by atoms with E-state index in [-0.39, 0.29) is 0 Å². The van der Waals surface area contributed by atoms with E-state index in [2.05, 4.69) is 162 Å². The third-order valence-corrected chi connectivity index (χ3v) is 11.2. The first-order valence-electron chi connectivity index (χ1n) is 19.5. The van der Waals surface area contributed by atoms with E-state index in [9.17, 15) is 0 Å². The molecule has 0 amide bonds. The first kappa shape index (κ1) is 33.5. The van der Waals surface area contributed by atoms with Crippen LogP contribution in [0.2, 0.25) is 0 Å². The lowest BCUT2D eigenvalue weighted by Crippen LogP contribution is -1.96. The van der Waals surface area contributed by atoms with Gasteiger partial charge in [0.15, 0.2) is 0 Å². The van der Waals surface area contributed by atoms with E-state index in [0.717, 1.165) is 94.5 Å². The van der Waals surface area contributed by atoms with E-state index in [4.69, 9.17) is 9.97 Å². The summed E-state index contributed by atoms with van der Waals surface area (Å²) in [7, 11) is 0. The van der Waals surface area contributed by atoms with Gasteiger partial charge in [0.05, 0.1) is 33.8 Å². The zero-order valence-corrected chi connectivity index (χ0v) is 31.4. The molecule has 0 radical (unpaired) electrons. The van der Waals surface area contributed by atoms with Crippen LogP contribution in [0.15, 0.2) is 207 Å². The summed E-state index contributed by atoms with van der Waals surface area (Å²) >= 11 is 0. The van der Waals surface area contributed by atoms with Gasteiger partial charge in [0.1, 0.15) is 0 Å². The molecule has 0 N–H and O–H groups in total. The molecule has 4 aromatic heterocycles. The molecule has 0 aliphatic heterocycles. The molecule has 7 aromatic carbocycles. The second-order valence-corrected chi connectivity index (χ2v) is 14.6. The highest BCUT2D eigenvalue weighted by Gasteiger charge is 2.19. The van der Waals surface area contributed by atoms with Crippen molar-refractivity contribution >= 4 is 43.4 Å². The summed E-state index contributed by atoms with van der Waals surface area (Å²) < 4.78 is 0. The first-order valence-corrected chi connectivity index (χ1v) is 19.5. The van der Waals surface area contributed by atoms with Crippen molar-refractivity contribution in [3.05, 3.63) is 207 Å². The Labute approximate surface area is 335 Å². The lowest BCUT2D eigenvalue weighted by molar-refractivity contribution is 1.33. The van der Waals surface area contributed by atoms with Crippen LogP contribution < -0.4 is 0 Å². The van der Waals surface area contributed by atoms with Crippen LogP contribution in [0.25, 0.3) is 111 Å². The van der Waals surface area contributed by atoms with Gasteiger partial charge in [-0.2, -0.15) is 0 Å². The third-order valence-electron chi connectivity index (χ3n) is 11.2. The minimum Gasteiger partial charge on any atom is -0.256 e. The highest BCUT2D eigenvalue weighted by atomic mass is 14.8. The Morgan fingerprint density at radius 2 is 0.724 bits per heavy atom. The molecular weight excluding hydrogens is 705 g/mol. The number of hydrogen-bond donors (Lipinski definition) is 0. The fraction of sp³-hybridized carbons (Fsp3) is 0. The number of hydrogen-bond acceptors (Lipinski definition) is 4. The highest BCUT2D eigenvalue weighted by Crippen LogP contribution is 2.42. The van der Waals surface area contributed by atoms with Crippen LogP contribution in [0.3, 0.4) is 0 Å². The largest absolute Gasteiger partial charge is 0.256 e. The second-order valence-electron chi connectivity index (χ2n) is 14.6. The lowest BCUT2D eigenvalue weighted by atomic mass is 9.91. The molecule has 270 valence electrons. The molecule has 0 aliphatic carbocycles. The first-order chi connectivity index (χ1) is 28.7. The van der Waals surface area contributed by atoms with Gasteiger partial charge in [-0.05, 0) is 86.3 Å². The minimum atomic E-state index is 0.861. The molecule has 4 nitrogen and oxygen atoms in total. The number of fused-ring (bicyclic) bond motifs is 6. The smallest absolute Gasteiger partial charge is 0.0978 e. The molecule has 0 saturated heterocycles. The number of nitrogens with zero attached hydrogens (tertiary/aromatic N) is 4. The topological polar surface area (TPSA) is 51.6 Å². The molecule has 0 unspecified atom stereocenters. The van der Waals surface area contributed by atoms with Crippen LogP contribution in [-0.4, -0.2) is 19.9 Å².